The molecule has 0 fully saturated rings. The number of hydrogen-bond acceptors (Lipinski definition) is 3. The van der Waals surface area contributed by atoms with E-state index in [2.05, 4.69) is 9.98 Å². The predicted octanol–water partition coefficient (Wildman–Crippen LogP) is 2.89. The number of para-hydroxylation sites is 2. The first-order chi connectivity index (χ1) is 10.2. The van der Waals surface area contributed by atoms with Gasteiger partial charge in [0.25, 0.3) is 0 Å². The third-order valence-corrected chi connectivity index (χ3v) is 4.02. The lowest BCUT2D eigenvalue weighted by Gasteiger charge is -1.95. The summed E-state index contributed by atoms with van der Waals surface area (Å²) in [5.41, 5.74) is 2.76. The zero-order valence-electron chi connectivity index (χ0n) is 12.0. The summed E-state index contributed by atoms with van der Waals surface area (Å²) in [6.07, 6.45) is 0. The highest BCUT2D eigenvalue weighted by atomic mass is 32.1. The van der Waals surface area contributed by atoms with Crippen LogP contribution in [0.3, 0.4) is 0 Å². The molecule has 0 radical (unpaired) electrons. The largest absolute Gasteiger partial charge is 0.289 e. The van der Waals surface area contributed by atoms with Crippen molar-refractivity contribution in [2.45, 2.75) is 0 Å². The van der Waals surface area contributed by atoms with Gasteiger partial charge >= 0.3 is 0 Å². The van der Waals surface area contributed by atoms with Crippen LogP contribution in [0.15, 0.2) is 70.6 Å². The summed E-state index contributed by atoms with van der Waals surface area (Å²) in [6.45, 7) is 0. The molecule has 0 unspecified atom stereocenters. The Bertz CT molecular complexity index is 855. The fraction of sp³-hybridized carbons (Fsp3) is 0.125. The van der Waals surface area contributed by atoms with Crippen molar-refractivity contribution in [3.8, 4) is 0 Å². The molecule has 2 aromatic carbocycles. The highest BCUT2D eigenvalue weighted by Crippen LogP contribution is 2.09. The first-order valence-corrected chi connectivity index (χ1v) is 7.44. The first kappa shape index (κ1) is 13.6. The van der Waals surface area contributed by atoms with Crippen LogP contribution in [0.2, 0.25) is 0 Å². The molecule has 21 heavy (non-hydrogen) atoms. The van der Waals surface area contributed by atoms with Crippen LogP contribution in [0, 0.1) is 0 Å². The summed E-state index contributed by atoms with van der Waals surface area (Å²) in [7, 11) is 3.98. The quantitative estimate of drug-likeness (QED) is 0.697. The molecule has 106 valence electrons. The van der Waals surface area contributed by atoms with Crippen LogP contribution >= 0.6 is 11.5 Å². The molecule has 1 aromatic heterocycles. The summed E-state index contributed by atoms with van der Waals surface area (Å²) in [5.74, 6) is 0. The molecule has 0 bridgehead atoms. The van der Waals surface area contributed by atoms with Crippen molar-refractivity contribution in [1.82, 2.24) is 8.52 Å². The van der Waals surface area contributed by atoms with Gasteiger partial charge in [-0.05, 0) is 35.8 Å². The molecule has 3 aromatic rings. The molecule has 0 amide bonds. The Hall–Kier alpha value is -2.40. The van der Waals surface area contributed by atoms with E-state index in [0.29, 0.717) is 0 Å². The number of rotatable bonds is 2. The van der Waals surface area contributed by atoms with E-state index in [1.807, 2.05) is 83.3 Å². The van der Waals surface area contributed by atoms with Crippen LogP contribution in [-0.2, 0) is 14.1 Å². The summed E-state index contributed by atoms with van der Waals surface area (Å²) in [5, 5.41) is 0. The smallest absolute Gasteiger partial charge is 0.221 e. The van der Waals surface area contributed by atoms with Crippen molar-refractivity contribution in [3.05, 3.63) is 71.1 Å². The zero-order chi connectivity index (χ0) is 14.7. The van der Waals surface area contributed by atoms with Crippen molar-refractivity contribution >= 4 is 22.9 Å². The van der Waals surface area contributed by atoms with Crippen molar-refractivity contribution in [1.29, 1.82) is 0 Å². The Kier molecular flexibility index (Phi) is 3.83. The molecule has 0 spiro atoms. The number of benzene rings is 2. The highest BCUT2D eigenvalue weighted by Gasteiger charge is 2.00. The van der Waals surface area contributed by atoms with Crippen molar-refractivity contribution in [2.24, 2.45) is 24.1 Å². The summed E-state index contributed by atoms with van der Waals surface area (Å²) >= 11 is 1.57. The lowest BCUT2D eigenvalue weighted by molar-refractivity contribution is 0.738. The monoisotopic (exact) mass is 296 g/mol. The molecular formula is C16H16N4S. The predicted molar refractivity (Wildman–Crippen MR) is 85.6 cm³/mol. The maximum atomic E-state index is 4.68. The minimum atomic E-state index is 0.876. The Labute approximate surface area is 127 Å². The average Bonchev–Trinajstić information content (AvgIpc) is 2.77. The van der Waals surface area contributed by atoms with E-state index >= 15 is 0 Å². The van der Waals surface area contributed by atoms with E-state index in [4.69, 9.17) is 0 Å². The summed E-state index contributed by atoms with van der Waals surface area (Å²) in [4.78, 5) is 10.3. The Morgan fingerprint density at radius 1 is 0.762 bits per heavy atom. The first-order valence-electron chi connectivity index (χ1n) is 6.67. The molecule has 0 atom stereocenters. The van der Waals surface area contributed by atoms with Gasteiger partial charge in [0.1, 0.15) is 0 Å². The maximum Gasteiger partial charge on any atom is 0.221 e. The highest BCUT2D eigenvalue weighted by molar-refractivity contribution is 7.03. The van der Waals surface area contributed by atoms with Crippen LogP contribution in [0.5, 0.6) is 0 Å². The van der Waals surface area contributed by atoms with Gasteiger partial charge in [-0.3, -0.25) is 8.52 Å². The Morgan fingerprint density at radius 3 is 1.86 bits per heavy atom. The van der Waals surface area contributed by atoms with Crippen LogP contribution in [0.25, 0.3) is 0 Å². The molecule has 0 aliphatic heterocycles. The van der Waals surface area contributed by atoms with Gasteiger partial charge in [0.05, 0.1) is 11.4 Å². The Balaban J connectivity index is 2.14. The molecule has 4 nitrogen and oxygen atoms in total. The minimum absolute atomic E-state index is 0.876. The minimum Gasteiger partial charge on any atom is -0.289 e. The van der Waals surface area contributed by atoms with Gasteiger partial charge in [-0.15, -0.1) is 0 Å². The van der Waals surface area contributed by atoms with Gasteiger partial charge < -0.3 is 0 Å². The number of aryl methyl sites for hydroxylation is 1. The molecule has 0 aliphatic carbocycles. The van der Waals surface area contributed by atoms with Crippen LogP contribution in [0.1, 0.15) is 0 Å². The molecule has 5 heteroatoms. The van der Waals surface area contributed by atoms with E-state index in [1.165, 1.54) is 0 Å². The van der Waals surface area contributed by atoms with Gasteiger partial charge in [0, 0.05) is 14.1 Å². The lowest BCUT2D eigenvalue weighted by Crippen LogP contribution is -2.26. The van der Waals surface area contributed by atoms with E-state index in [9.17, 15) is 0 Å². The normalized spacial score (nSPS) is 12.9. The number of hydrogen-bond donors (Lipinski definition) is 0. The molecule has 0 aliphatic rings. The van der Waals surface area contributed by atoms with Gasteiger partial charge in [0.2, 0.25) is 10.4 Å². The Morgan fingerprint density at radius 2 is 1.29 bits per heavy atom. The fourth-order valence-corrected chi connectivity index (χ4v) is 2.83. The molecule has 3 rings (SSSR count). The molecule has 0 saturated heterocycles. The molecule has 0 saturated carbocycles. The number of aromatic nitrogens is 2. The third-order valence-electron chi connectivity index (χ3n) is 3.05. The van der Waals surface area contributed by atoms with E-state index in [1.54, 1.807) is 11.5 Å². The second-order valence-corrected chi connectivity index (χ2v) is 5.72. The van der Waals surface area contributed by atoms with Gasteiger partial charge in [0.15, 0.2) is 0 Å². The maximum absolute atomic E-state index is 4.68. The van der Waals surface area contributed by atoms with Crippen molar-refractivity contribution in [2.75, 3.05) is 0 Å². The van der Waals surface area contributed by atoms with Crippen LogP contribution in [0.4, 0.5) is 11.4 Å². The number of nitrogens with zero attached hydrogens (tertiary/aromatic N) is 4. The summed E-state index contributed by atoms with van der Waals surface area (Å²) < 4.78 is 4.03. The van der Waals surface area contributed by atoms with Crippen LogP contribution in [-0.4, -0.2) is 8.52 Å². The molecule has 0 N–H and O–H groups in total. The molecule has 1 heterocycles. The van der Waals surface area contributed by atoms with Crippen molar-refractivity contribution in [3.63, 3.8) is 0 Å². The lowest BCUT2D eigenvalue weighted by atomic mass is 10.3. The van der Waals surface area contributed by atoms with Crippen LogP contribution < -0.4 is 10.4 Å². The van der Waals surface area contributed by atoms with E-state index < -0.39 is 0 Å². The zero-order valence-corrected chi connectivity index (χ0v) is 12.8. The third kappa shape index (κ3) is 3.03. The van der Waals surface area contributed by atoms with Gasteiger partial charge in [-0.1, -0.05) is 36.4 Å². The fourth-order valence-electron chi connectivity index (χ4n) is 1.99. The summed E-state index contributed by atoms with van der Waals surface area (Å²) in [6, 6.07) is 19.9. The van der Waals surface area contributed by atoms with E-state index in [0.717, 1.165) is 21.8 Å². The van der Waals surface area contributed by atoms with Crippen molar-refractivity contribution < 1.29 is 0 Å². The van der Waals surface area contributed by atoms with Gasteiger partial charge in [-0.25, -0.2) is 9.98 Å². The molecular weight excluding hydrogens is 280 g/mol. The second kappa shape index (κ2) is 5.93. The second-order valence-electron chi connectivity index (χ2n) is 4.63. The average molecular weight is 296 g/mol. The van der Waals surface area contributed by atoms with E-state index in [-0.39, 0.29) is 0 Å². The standard InChI is InChI=1S/C16H16N4S/c1-19-15(17-13-9-5-3-6-10-13)20(2)21-16(19)18-14-11-7-4-8-12-14/h3-12H,1-2H3. The topological polar surface area (TPSA) is 34.6 Å². The van der Waals surface area contributed by atoms with Gasteiger partial charge in [-0.2, -0.15) is 0 Å². The SMILES string of the molecule is Cn1sc(=Nc2ccccc2)n(C)c1=Nc1ccccc1.